The minimum atomic E-state index is 0.0186. The summed E-state index contributed by atoms with van der Waals surface area (Å²) in [5.74, 6) is 0.228. The van der Waals surface area contributed by atoms with E-state index in [4.69, 9.17) is 0 Å². The first-order valence-electron chi connectivity index (χ1n) is 9.15. The van der Waals surface area contributed by atoms with E-state index in [0.717, 1.165) is 38.0 Å². The number of likely N-dealkylation sites (tertiary alicyclic amines) is 1. The number of amides is 1. The highest BCUT2D eigenvalue weighted by atomic mass is 16.2. The van der Waals surface area contributed by atoms with Crippen LogP contribution in [-0.2, 0) is 4.79 Å². The number of carbonyl (C=O) groups is 1. The van der Waals surface area contributed by atoms with Crippen molar-refractivity contribution in [3.8, 4) is 0 Å². The maximum absolute atomic E-state index is 12.6. The monoisotopic (exact) mass is 318 g/mol. The van der Waals surface area contributed by atoms with E-state index in [1.54, 1.807) is 0 Å². The number of aromatic nitrogens is 2. The molecule has 23 heavy (non-hydrogen) atoms. The lowest BCUT2D eigenvalue weighted by Crippen LogP contribution is -2.58. The molecule has 1 amide bonds. The third-order valence-electron chi connectivity index (χ3n) is 5.36. The van der Waals surface area contributed by atoms with Gasteiger partial charge in [0.15, 0.2) is 0 Å². The number of rotatable bonds is 5. The lowest BCUT2D eigenvalue weighted by atomic mass is 9.95. The van der Waals surface area contributed by atoms with E-state index in [-0.39, 0.29) is 11.9 Å². The van der Waals surface area contributed by atoms with Gasteiger partial charge in [-0.1, -0.05) is 26.2 Å². The summed E-state index contributed by atoms with van der Waals surface area (Å²) >= 11 is 0. The summed E-state index contributed by atoms with van der Waals surface area (Å²) in [6.45, 7) is 8.11. The predicted octanol–water partition coefficient (Wildman–Crippen LogP) is 2.58. The number of aryl methyl sites for hydroxylation is 2. The molecule has 1 aromatic rings. The van der Waals surface area contributed by atoms with E-state index in [0.29, 0.717) is 12.1 Å². The number of nitrogens with one attached hydrogen (secondary N) is 1. The Kier molecular flexibility index (Phi) is 5.05. The van der Waals surface area contributed by atoms with Gasteiger partial charge in [0.2, 0.25) is 5.91 Å². The average Bonchev–Trinajstić information content (AvgIpc) is 2.81. The molecule has 3 rings (SSSR count). The van der Waals surface area contributed by atoms with E-state index in [9.17, 15) is 4.79 Å². The Morgan fingerprint density at radius 1 is 1.30 bits per heavy atom. The summed E-state index contributed by atoms with van der Waals surface area (Å²) in [6.07, 6.45) is 7.01. The second kappa shape index (κ2) is 7.04. The van der Waals surface area contributed by atoms with Crippen molar-refractivity contribution in [1.29, 1.82) is 0 Å². The van der Waals surface area contributed by atoms with E-state index in [1.807, 2.05) is 6.92 Å². The zero-order valence-corrected chi connectivity index (χ0v) is 14.7. The molecule has 128 valence electrons. The minimum Gasteiger partial charge on any atom is -0.352 e. The van der Waals surface area contributed by atoms with Crippen LogP contribution in [0.15, 0.2) is 6.07 Å². The molecular formula is C18H30N4O. The Morgan fingerprint density at radius 3 is 2.57 bits per heavy atom. The molecule has 2 aliphatic rings. The lowest BCUT2D eigenvalue weighted by molar-refractivity contribution is -0.130. The maximum atomic E-state index is 12.6. The van der Waals surface area contributed by atoms with Crippen LogP contribution in [0, 0.1) is 13.8 Å². The van der Waals surface area contributed by atoms with Crippen LogP contribution in [-0.4, -0.2) is 45.8 Å². The molecule has 1 aliphatic heterocycles. The molecule has 2 heterocycles. The first kappa shape index (κ1) is 16.5. The summed E-state index contributed by atoms with van der Waals surface area (Å²) in [7, 11) is 0. The fraction of sp³-hybridized carbons (Fsp3) is 0.778. The summed E-state index contributed by atoms with van der Waals surface area (Å²) in [5, 5.41) is 7.87. The van der Waals surface area contributed by atoms with Gasteiger partial charge in [-0.05, 0) is 39.2 Å². The van der Waals surface area contributed by atoms with Gasteiger partial charge in [-0.2, -0.15) is 5.10 Å². The highest BCUT2D eigenvalue weighted by Gasteiger charge is 2.37. The second-order valence-corrected chi connectivity index (χ2v) is 7.25. The molecule has 0 radical (unpaired) electrons. The van der Waals surface area contributed by atoms with Crippen LogP contribution in [0.3, 0.4) is 0 Å². The Bertz CT molecular complexity index is 541. The zero-order chi connectivity index (χ0) is 16.4. The Labute approximate surface area is 139 Å². The van der Waals surface area contributed by atoms with Crippen LogP contribution in [0.5, 0.6) is 0 Å². The lowest BCUT2D eigenvalue weighted by Gasteiger charge is -2.44. The summed E-state index contributed by atoms with van der Waals surface area (Å²) in [4.78, 5) is 14.9. The van der Waals surface area contributed by atoms with Gasteiger partial charge in [0.25, 0.3) is 0 Å². The third-order valence-corrected chi connectivity index (χ3v) is 5.36. The molecule has 1 saturated carbocycles. The molecule has 2 fully saturated rings. The van der Waals surface area contributed by atoms with Crippen molar-refractivity contribution in [2.24, 2.45) is 0 Å². The second-order valence-electron chi connectivity index (χ2n) is 7.25. The minimum absolute atomic E-state index is 0.0186. The Hall–Kier alpha value is -1.36. The highest BCUT2D eigenvalue weighted by Crippen LogP contribution is 2.26. The first-order valence-corrected chi connectivity index (χ1v) is 9.15. The molecular weight excluding hydrogens is 288 g/mol. The van der Waals surface area contributed by atoms with Crippen molar-refractivity contribution in [2.75, 3.05) is 13.1 Å². The van der Waals surface area contributed by atoms with Crippen LogP contribution >= 0.6 is 0 Å². The van der Waals surface area contributed by atoms with E-state index >= 15 is 0 Å². The van der Waals surface area contributed by atoms with E-state index in [1.165, 1.54) is 25.0 Å². The smallest absolute Gasteiger partial charge is 0.237 e. The van der Waals surface area contributed by atoms with Crippen LogP contribution in [0.2, 0.25) is 0 Å². The summed E-state index contributed by atoms with van der Waals surface area (Å²) < 4.78 is 2.12. The SMILES string of the molecule is CC[C@H](C(=O)NC1CCCCC1)N1CC(n2nc(C)cc2C)C1. The standard InChI is InChI=1S/C18H30N4O/c1-4-17(18(23)19-15-8-6-5-7-9-15)21-11-16(12-21)22-14(3)10-13(2)20-22/h10,15-17H,4-9,11-12H2,1-3H3,(H,19,23)/t17-/m1/s1. The van der Waals surface area contributed by atoms with Crippen LogP contribution in [0.4, 0.5) is 0 Å². The highest BCUT2D eigenvalue weighted by molar-refractivity contribution is 5.82. The molecule has 1 aromatic heterocycles. The normalized spacial score (nSPS) is 21.9. The van der Waals surface area contributed by atoms with Gasteiger partial charge in [-0.3, -0.25) is 14.4 Å². The molecule has 0 unspecified atom stereocenters. The van der Waals surface area contributed by atoms with Crippen LogP contribution in [0.25, 0.3) is 0 Å². The molecule has 1 N–H and O–H groups in total. The van der Waals surface area contributed by atoms with Crippen molar-refractivity contribution < 1.29 is 4.79 Å². The number of nitrogens with zero attached hydrogens (tertiary/aromatic N) is 3. The molecule has 5 heteroatoms. The molecule has 0 spiro atoms. The number of hydrogen-bond donors (Lipinski definition) is 1. The Balaban J connectivity index is 1.53. The van der Waals surface area contributed by atoms with Gasteiger partial charge < -0.3 is 5.32 Å². The Morgan fingerprint density at radius 2 is 2.00 bits per heavy atom. The maximum Gasteiger partial charge on any atom is 0.237 e. The molecule has 0 aromatic carbocycles. The summed E-state index contributed by atoms with van der Waals surface area (Å²) in [5.41, 5.74) is 2.29. The molecule has 5 nitrogen and oxygen atoms in total. The third kappa shape index (κ3) is 3.60. The van der Waals surface area contributed by atoms with Crippen molar-refractivity contribution in [1.82, 2.24) is 20.0 Å². The van der Waals surface area contributed by atoms with Gasteiger partial charge in [0.05, 0.1) is 17.8 Å². The van der Waals surface area contributed by atoms with Crippen molar-refractivity contribution in [3.05, 3.63) is 17.5 Å². The van der Waals surface area contributed by atoms with Crippen LogP contribution < -0.4 is 5.32 Å². The van der Waals surface area contributed by atoms with Crippen molar-refractivity contribution in [3.63, 3.8) is 0 Å². The van der Waals surface area contributed by atoms with Gasteiger partial charge in [0, 0.05) is 24.8 Å². The van der Waals surface area contributed by atoms with E-state index < -0.39 is 0 Å². The van der Waals surface area contributed by atoms with Crippen LogP contribution in [0.1, 0.15) is 62.9 Å². The van der Waals surface area contributed by atoms with E-state index in [2.05, 4.69) is 39.9 Å². The van der Waals surface area contributed by atoms with Crippen molar-refractivity contribution >= 4 is 5.91 Å². The number of carbonyl (C=O) groups excluding carboxylic acids is 1. The molecule has 1 atom stereocenters. The van der Waals surface area contributed by atoms with Crippen molar-refractivity contribution in [2.45, 2.75) is 77.4 Å². The molecule has 1 saturated heterocycles. The van der Waals surface area contributed by atoms with Gasteiger partial charge >= 0.3 is 0 Å². The molecule has 0 bridgehead atoms. The summed E-state index contributed by atoms with van der Waals surface area (Å²) in [6, 6.07) is 2.96. The molecule has 1 aliphatic carbocycles. The fourth-order valence-corrected chi connectivity index (χ4v) is 4.07. The largest absolute Gasteiger partial charge is 0.352 e. The first-order chi connectivity index (χ1) is 11.1. The van der Waals surface area contributed by atoms with Gasteiger partial charge in [-0.15, -0.1) is 0 Å². The van der Waals surface area contributed by atoms with Gasteiger partial charge in [-0.25, -0.2) is 0 Å². The topological polar surface area (TPSA) is 50.2 Å². The predicted molar refractivity (Wildman–Crippen MR) is 91.4 cm³/mol. The average molecular weight is 318 g/mol. The zero-order valence-electron chi connectivity index (χ0n) is 14.7. The fourth-order valence-electron chi connectivity index (χ4n) is 4.07. The number of hydrogen-bond acceptors (Lipinski definition) is 3. The quantitative estimate of drug-likeness (QED) is 0.908. The van der Waals surface area contributed by atoms with Gasteiger partial charge in [0.1, 0.15) is 0 Å².